The van der Waals surface area contributed by atoms with E-state index in [-0.39, 0.29) is 11.3 Å². The molecule has 2 heterocycles. The summed E-state index contributed by atoms with van der Waals surface area (Å²) >= 11 is 0. The first-order valence-electron chi connectivity index (χ1n) is 8.38. The van der Waals surface area contributed by atoms with Crippen LogP contribution in [0.4, 0.5) is 0 Å². The van der Waals surface area contributed by atoms with E-state index in [1.54, 1.807) is 0 Å². The van der Waals surface area contributed by atoms with Crippen LogP contribution in [-0.4, -0.2) is 50.1 Å². The SMILES string of the molecule is CCC1(C(=O)NCC(C)CN2CCCC2)CCCNC1. The maximum atomic E-state index is 12.5. The zero-order valence-electron chi connectivity index (χ0n) is 13.2. The Bertz CT molecular complexity index is 307. The van der Waals surface area contributed by atoms with E-state index in [1.165, 1.54) is 25.9 Å². The predicted octanol–water partition coefficient (Wildman–Crippen LogP) is 1.61. The third kappa shape index (κ3) is 3.95. The Morgan fingerprint density at radius 2 is 2.10 bits per heavy atom. The predicted molar refractivity (Wildman–Crippen MR) is 82.7 cm³/mol. The summed E-state index contributed by atoms with van der Waals surface area (Å²) in [5, 5.41) is 6.60. The minimum absolute atomic E-state index is 0.161. The Balaban J connectivity index is 1.75. The number of carbonyl (C=O) groups excluding carboxylic acids is 1. The fraction of sp³-hybridized carbons (Fsp3) is 0.938. The van der Waals surface area contributed by atoms with E-state index in [9.17, 15) is 4.79 Å². The molecule has 2 N–H and O–H groups in total. The van der Waals surface area contributed by atoms with Crippen molar-refractivity contribution in [2.45, 2.75) is 46.0 Å². The van der Waals surface area contributed by atoms with Crippen LogP contribution in [0.2, 0.25) is 0 Å². The molecule has 0 spiro atoms. The number of piperidine rings is 1. The van der Waals surface area contributed by atoms with E-state index >= 15 is 0 Å². The third-order valence-corrected chi connectivity index (χ3v) is 5.01. The van der Waals surface area contributed by atoms with Crippen LogP contribution >= 0.6 is 0 Å². The first kappa shape index (κ1) is 15.8. The molecule has 2 fully saturated rings. The maximum absolute atomic E-state index is 12.5. The van der Waals surface area contributed by atoms with Crippen molar-refractivity contribution in [2.75, 3.05) is 39.3 Å². The van der Waals surface area contributed by atoms with Gasteiger partial charge in [0.15, 0.2) is 0 Å². The number of nitrogens with zero attached hydrogens (tertiary/aromatic N) is 1. The van der Waals surface area contributed by atoms with Crippen molar-refractivity contribution in [1.29, 1.82) is 0 Å². The third-order valence-electron chi connectivity index (χ3n) is 5.01. The molecule has 0 aliphatic carbocycles. The quantitative estimate of drug-likeness (QED) is 0.777. The molecule has 4 nitrogen and oxygen atoms in total. The van der Waals surface area contributed by atoms with Crippen LogP contribution in [-0.2, 0) is 4.79 Å². The van der Waals surface area contributed by atoms with Crippen LogP contribution < -0.4 is 10.6 Å². The van der Waals surface area contributed by atoms with Gasteiger partial charge in [0.2, 0.25) is 5.91 Å². The highest BCUT2D eigenvalue weighted by molar-refractivity contribution is 5.83. The Morgan fingerprint density at radius 3 is 2.70 bits per heavy atom. The van der Waals surface area contributed by atoms with Gasteiger partial charge in [0.25, 0.3) is 0 Å². The molecule has 0 saturated carbocycles. The Kier molecular flexibility index (Phi) is 5.85. The number of likely N-dealkylation sites (tertiary alicyclic amines) is 1. The van der Waals surface area contributed by atoms with Crippen molar-refractivity contribution < 1.29 is 4.79 Å². The summed E-state index contributed by atoms with van der Waals surface area (Å²) in [6, 6.07) is 0. The van der Waals surface area contributed by atoms with Gasteiger partial charge in [0, 0.05) is 19.6 Å². The zero-order chi connectivity index (χ0) is 14.4. The van der Waals surface area contributed by atoms with Crippen LogP contribution in [0.25, 0.3) is 0 Å². The van der Waals surface area contributed by atoms with E-state index in [4.69, 9.17) is 0 Å². The minimum atomic E-state index is -0.161. The number of nitrogens with one attached hydrogen (secondary N) is 2. The normalized spacial score (nSPS) is 29.3. The highest BCUT2D eigenvalue weighted by Crippen LogP contribution is 2.30. The molecule has 0 aromatic heterocycles. The number of hydrogen-bond donors (Lipinski definition) is 2. The van der Waals surface area contributed by atoms with Gasteiger partial charge in [-0.3, -0.25) is 4.79 Å². The van der Waals surface area contributed by atoms with Gasteiger partial charge in [0.1, 0.15) is 0 Å². The Hall–Kier alpha value is -0.610. The van der Waals surface area contributed by atoms with E-state index < -0.39 is 0 Å². The van der Waals surface area contributed by atoms with Crippen LogP contribution in [0.3, 0.4) is 0 Å². The van der Waals surface area contributed by atoms with E-state index in [1.807, 2.05) is 0 Å². The molecule has 2 atom stereocenters. The summed E-state index contributed by atoms with van der Waals surface area (Å²) in [5.41, 5.74) is -0.161. The lowest BCUT2D eigenvalue weighted by molar-refractivity contribution is -0.132. The van der Waals surface area contributed by atoms with Crippen LogP contribution in [0, 0.1) is 11.3 Å². The van der Waals surface area contributed by atoms with E-state index in [2.05, 4.69) is 29.4 Å². The number of carbonyl (C=O) groups is 1. The molecule has 0 bridgehead atoms. The molecule has 4 heteroatoms. The molecule has 116 valence electrons. The largest absolute Gasteiger partial charge is 0.355 e. The van der Waals surface area contributed by atoms with Gasteiger partial charge in [-0.15, -0.1) is 0 Å². The van der Waals surface area contributed by atoms with Crippen molar-refractivity contribution in [3.8, 4) is 0 Å². The fourth-order valence-electron chi connectivity index (χ4n) is 3.55. The topological polar surface area (TPSA) is 44.4 Å². The summed E-state index contributed by atoms with van der Waals surface area (Å²) in [4.78, 5) is 15.1. The second kappa shape index (κ2) is 7.41. The summed E-state index contributed by atoms with van der Waals surface area (Å²) in [7, 11) is 0. The minimum Gasteiger partial charge on any atom is -0.355 e. The van der Waals surface area contributed by atoms with Crippen molar-refractivity contribution in [3.63, 3.8) is 0 Å². The van der Waals surface area contributed by atoms with Gasteiger partial charge in [0.05, 0.1) is 5.41 Å². The lowest BCUT2D eigenvalue weighted by atomic mass is 9.77. The fourth-order valence-corrected chi connectivity index (χ4v) is 3.55. The number of hydrogen-bond acceptors (Lipinski definition) is 3. The highest BCUT2D eigenvalue weighted by Gasteiger charge is 2.37. The van der Waals surface area contributed by atoms with Crippen molar-refractivity contribution in [3.05, 3.63) is 0 Å². The van der Waals surface area contributed by atoms with E-state index in [0.29, 0.717) is 5.92 Å². The number of rotatable bonds is 6. The lowest BCUT2D eigenvalue weighted by Gasteiger charge is -2.35. The number of amides is 1. The molecule has 2 rings (SSSR count). The van der Waals surface area contributed by atoms with Crippen LogP contribution in [0.1, 0.15) is 46.0 Å². The first-order valence-corrected chi connectivity index (χ1v) is 8.38. The molecule has 20 heavy (non-hydrogen) atoms. The van der Waals surface area contributed by atoms with Gasteiger partial charge in [-0.2, -0.15) is 0 Å². The smallest absolute Gasteiger partial charge is 0.227 e. The van der Waals surface area contributed by atoms with Crippen LogP contribution in [0.5, 0.6) is 0 Å². The summed E-state index contributed by atoms with van der Waals surface area (Å²) < 4.78 is 0. The summed E-state index contributed by atoms with van der Waals surface area (Å²) in [6.45, 7) is 10.7. The van der Waals surface area contributed by atoms with E-state index in [0.717, 1.165) is 45.4 Å². The van der Waals surface area contributed by atoms with Gasteiger partial charge < -0.3 is 15.5 Å². The molecule has 0 aromatic carbocycles. The summed E-state index contributed by atoms with van der Waals surface area (Å²) in [6.07, 6.45) is 5.76. The average Bonchev–Trinajstić information content (AvgIpc) is 2.98. The molecule has 1 amide bonds. The maximum Gasteiger partial charge on any atom is 0.227 e. The zero-order valence-corrected chi connectivity index (χ0v) is 13.2. The molecule has 0 aromatic rings. The lowest BCUT2D eigenvalue weighted by Crippen LogP contribution is -2.51. The molecular weight excluding hydrogens is 250 g/mol. The Labute approximate surface area is 123 Å². The summed E-state index contributed by atoms with van der Waals surface area (Å²) in [5.74, 6) is 0.808. The second-order valence-electron chi connectivity index (χ2n) is 6.74. The second-order valence-corrected chi connectivity index (χ2v) is 6.74. The molecule has 2 aliphatic rings. The van der Waals surface area contributed by atoms with Crippen molar-refractivity contribution in [1.82, 2.24) is 15.5 Å². The highest BCUT2D eigenvalue weighted by atomic mass is 16.2. The van der Waals surface area contributed by atoms with Gasteiger partial charge >= 0.3 is 0 Å². The van der Waals surface area contributed by atoms with Crippen molar-refractivity contribution >= 4 is 5.91 Å². The first-order chi connectivity index (χ1) is 9.66. The molecule has 2 unspecified atom stereocenters. The van der Waals surface area contributed by atoms with Gasteiger partial charge in [-0.1, -0.05) is 13.8 Å². The monoisotopic (exact) mass is 281 g/mol. The standard InChI is InChI=1S/C16H31N3O/c1-3-16(7-6-8-17-13-16)15(20)18-11-14(2)12-19-9-4-5-10-19/h14,17H,3-13H2,1-2H3,(H,18,20). The molecule has 0 radical (unpaired) electrons. The van der Waals surface area contributed by atoms with Gasteiger partial charge in [-0.25, -0.2) is 0 Å². The molecule has 2 saturated heterocycles. The van der Waals surface area contributed by atoms with Crippen molar-refractivity contribution in [2.24, 2.45) is 11.3 Å². The average molecular weight is 281 g/mol. The molecular formula is C16H31N3O. The Morgan fingerprint density at radius 1 is 1.35 bits per heavy atom. The molecule has 2 aliphatic heterocycles. The van der Waals surface area contributed by atoms with Gasteiger partial charge in [-0.05, 0) is 57.7 Å². The van der Waals surface area contributed by atoms with Crippen LogP contribution in [0.15, 0.2) is 0 Å².